The maximum atomic E-state index is 11.1. The average molecular weight is 293 g/mol. The van der Waals surface area contributed by atoms with E-state index in [1.165, 1.54) is 25.0 Å². The fourth-order valence-corrected chi connectivity index (χ4v) is 2.21. The van der Waals surface area contributed by atoms with Crippen molar-refractivity contribution in [3.05, 3.63) is 33.9 Å². The van der Waals surface area contributed by atoms with E-state index in [1.54, 1.807) is 0 Å². The van der Waals surface area contributed by atoms with Crippen molar-refractivity contribution in [3.8, 4) is 0 Å². The van der Waals surface area contributed by atoms with Crippen LogP contribution in [0.3, 0.4) is 0 Å². The third-order valence-electron chi connectivity index (χ3n) is 3.85. The van der Waals surface area contributed by atoms with Crippen LogP contribution in [-0.2, 0) is 0 Å². The topological polar surface area (TPSA) is 95.7 Å². The second-order valence-corrected chi connectivity index (χ2v) is 5.42. The van der Waals surface area contributed by atoms with Crippen molar-refractivity contribution in [2.24, 2.45) is 0 Å². The lowest BCUT2D eigenvalue weighted by atomic mass is 10.1. The van der Waals surface area contributed by atoms with Crippen molar-refractivity contribution in [1.29, 1.82) is 0 Å². The number of hydrogen-bond donors (Lipinski definition) is 2. The minimum Gasteiger partial charge on any atom is -0.478 e. The van der Waals surface area contributed by atoms with Crippen molar-refractivity contribution in [2.45, 2.75) is 31.8 Å². The molecule has 1 aromatic carbocycles. The van der Waals surface area contributed by atoms with Crippen LogP contribution in [0.15, 0.2) is 18.2 Å². The van der Waals surface area contributed by atoms with Crippen molar-refractivity contribution < 1.29 is 14.8 Å². The molecule has 0 bridgehead atoms. The SMILES string of the molecule is CC(CNc1ccc(C(=O)O)cc1[N+](=O)[O-])N(C)C1CC1. The monoisotopic (exact) mass is 293 g/mol. The largest absolute Gasteiger partial charge is 0.478 e. The quantitative estimate of drug-likeness (QED) is 0.591. The third-order valence-corrected chi connectivity index (χ3v) is 3.85. The van der Waals surface area contributed by atoms with Crippen LogP contribution >= 0.6 is 0 Å². The van der Waals surface area contributed by atoms with Gasteiger partial charge in [-0.05, 0) is 38.9 Å². The van der Waals surface area contributed by atoms with E-state index in [4.69, 9.17) is 5.11 Å². The van der Waals surface area contributed by atoms with E-state index < -0.39 is 10.9 Å². The van der Waals surface area contributed by atoms with Crippen LogP contribution in [0.25, 0.3) is 0 Å². The number of anilines is 1. The van der Waals surface area contributed by atoms with E-state index in [9.17, 15) is 14.9 Å². The highest BCUT2D eigenvalue weighted by atomic mass is 16.6. The summed E-state index contributed by atoms with van der Waals surface area (Å²) in [7, 11) is 2.05. The predicted molar refractivity (Wildman–Crippen MR) is 78.8 cm³/mol. The lowest BCUT2D eigenvalue weighted by Gasteiger charge is -2.25. The van der Waals surface area contributed by atoms with E-state index in [2.05, 4.69) is 17.1 Å². The number of nitrogens with one attached hydrogen (secondary N) is 1. The molecule has 21 heavy (non-hydrogen) atoms. The Morgan fingerprint density at radius 1 is 1.57 bits per heavy atom. The molecule has 0 spiro atoms. The molecule has 1 atom stereocenters. The van der Waals surface area contributed by atoms with Gasteiger partial charge in [-0.25, -0.2) is 4.79 Å². The summed E-state index contributed by atoms with van der Waals surface area (Å²) >= 11 is 0. The fourth-order valence-electron chi connectivity index (χ4n) is 2.21. The van der Waals surface area contributed by atoms with Crippen molar-refractivity contribution in [2.75, 3.05) is 18.9 Å². The molecule has 1 fully saturated rings. The number of hydrogen-bond acceptors (Lipinski definition) is 5. The van der Waals surface area contributed by atoms with Gasteiger partial charge in [0, 0.05) is 24.7 Å². The Bertz CT molecular complexity index is 557. The highest BCUT2D eigenvalue weighted by Crippen LogP contribution is 2.28. The molecular formula is C14H19N3O4. The Morgan fingerprint density at radius 2 is 2.24 bits per heavy atom. The van der Waals surface area contributed by atoms with Gasteiger partial charge >= 0.3 is 5.97 Å². The first-order valence-electron chi connectivity index (χ1n) is 6.87. The molecule has 0 aromatic heterocycles. The lowest BCUT2D eigenvalue weighted by molar-refractivity contribution is -0.384. The molecule has 1 aromatic rings. The zero-order valence-electron chi connectivity index (χ0n) is 12.1. The van der Waals surface area contributed by atoms with E-state index in [1.807, 2.05) is 7.05 Å². The molecule has 2 rings (SSSR count). The second kappa shape index (κ2) is 6.09. The molecule has 0 aliphatic heterocycles. The maximum absolute atomic E-state index is 11.1. The van der Waals surface area contributed by atoms with Gasteiger partial charge in [-0.1, -0.05) is 0 Å². The van der Waals surface area contributed by atoms with Crippen molar-refractivity contribution in [1.82, 2.24) is 4.90 Å². The number of likely N-dealkylation sites (N-methyl/N-ethyl adjacent to an activating group) is 1. The molecule has 0 heterocycles. The van der Waals surface area contributed by atoms with E-state index >= 15 is 0 Å². The van der Waals surface area contributed by atoms with Gasteiger partial charge in [0.15, 0.2) is 0 Å². The molecule has 7 heteroatoms. The molecular weight excluding hydrogens is 274 g/mol. The van der Waals surface area contributed by atoms with Crippen LogP contribution in [0.4, 0.5) is 11.4 Å². The van der Waals surface area contributed by atoms with Gasteiger partial charge < -0.3 is 10.4 Å². The van der Waals surface area contributed by atoms with E-state index in [0.29, 0.717) is 18.3 Å². The average Bonchev–Trinajstić information content (AvgIpc) is 3.27. The fraction of sp³-hybridized carbons (Fsp3) is 0.500. The molecule has 0 radical (unpaired) electrons. The van der Waals surface area contributed by atoms with Crippen molar-refractivity contribution in [3.63, 3.8) is 0 Å². The first-order chi connectivity index (χ1) is 9.90. The van der Waals surface area contributed by atoms with E-state index in [-0.39, 0.29) is 17.3 Å². The summed E-state index contributed by atoms with van der Waals surface area (Å²) in [6.07, 6.45) is 2.41. The molecule has 1 aliphatic rings. The highest BCUT2D eigenvalue weighted by molar-refractivity contribution is 5.89. The third kappa shape index (κ3) is 3.69. The van der Waals surface area contributed by atoms with Crippen LogP contribution < -0.4 is 5.32 Å². The van der Waals surface area contributed by atoms with Gasteiger partial charge in [0.25, 0.3) is 5.69 Å². The van der Waals surface area contributed by atoms with Gasteiger partial charge in [0.05, 0.1) is 10.5 Å². The zero-order valence-corrected chi connectivity index (χ0v) is 12.1. The lowest BCUT2D eigenvalue weighted by Crippen LogP contribution is -2.36. The predicted octanol–water partition coefficient (Wildman–Crippen LogP) is 2.19. The molecule has 1 aliphatic carbocycles. The minimum absolute atomic E-state index is 0.0876. The number of benzene rings is 1. The van der Waals surface area contributed by atoms with Gasteiger partial charge in [-0.3, -0.25) is 15.0 Å². The number of carbonyl (C=O) groups is 1. The van der Waals surface area contributed by atoms with Crippen molar-refractivity contribution >= 4 is 17.3 Å². The first kappa shape index (κ1) is 15.2. The van der Waals surface area contributed by atoms with Crippen LogP contribution in [0, 0.1) is 10.1 Å². The number of nitro benzene ring substituents is 1. The molecule has 1 unspecified atom stereocenters. The van der Waals surface area contributed by atoms with Crippen LogP contribution in [0.1, 0.15) is 30.1 Å². The highest BCUT2D eigenvalue weighted by Gasteiger charge is 2.29. The normalized spacial score (nSPS) is 15.8. The molecule has 0 saturated heterocycles. The minimum atomic E-state index is -1.17. The Labute approximate surface area is 122 Å². The Morgan fingerprint density at radius 3 is 2.76 bits per heavy atom. The maximum Gasteiger partial charge on any atom is 0.335 e. The Hall–Kier alpha value is -2.15. The van der Waals surface area contributed by atoms with Crippen LogP contribution in [-0.4, -0.2) is 46.6 Å². The molecule has 1 saturated carbocycles. The van der Waals surface area contributed by atoms with Crippen LogP contribution in [0.2, 0.25) is 0 Å². The number of nitrogens with zero attached hydrogens (tertiary/aromatic N) is 2. The summed E-state index contributed by atoms with van der Waals surface area (Å²) < 4.78 is 0. The van der Waals surface area contributed by atoms with Crippen LogP contribution in [0.5, 0.6) is 0 Å². The van der Waals surface area contributed by atoms with Gasteiger partial charge in [-0.15, -0.1) is 0 Å². The summed E-state index contributed by atoms with van der Waals surface area (Å²) in [4.78, 5) is 23.6. The van der Waals surface area contributed by atoms with Gasteiger partial charge in [-0.2, -0.15) is 0 Å². The van der Waals surface area contributed by atoms with Gasteiger partial charge in [0.2, 0.25) is 0 Å². The summed E-state index contributed by atoms with van der Waals surface area (Å²) in [5, 5.41) is 23.0. The second-order valence-electron chi connectivity index (χ2n) is 5.42. The molecule has 114 valence electrons. The summed E-state index contributed by atoms with van der Waals surface area (Å²) in [6.45, 7) is 2.63. The summed E-state index contributed by atoms with van der Waals surface area (Å²) in [5.74, 6) is -1.17. The number of aromatic carboxylic acids is 1. The first-order valence-corrected chi connectivity index (χ1v) is 6.87. The molecule has 7 nitrogen and oxygen atoms in total. The summed E-state index contributed by atoms with van der Waals surface area (Å²) in [6, 6.07) is 4.76. The molecule has 0 amide bonds. The number of nitro groups is 1. The number of carboxylic acids is 1. The standard InChI is InChI=1S/C14H19N3O4/c1-9(16(2)11-4-5-11)8-15-12-6-3-10(14(18)19)7-13(12)17(20)21/h3,6-7,9,11,15H,4-5,8H2,1-2H3,(H,18,19). The Kier molecular flexibility index (Phi) is 4.42. The van der Waals surface area contributed by atoms with E-state index in [0.717, 1.165) is 6.07 Å². The number of carboxylic acid groups (broad SMARTS) is 1. The zero-order chi connectivity index (χ0) is 15.6. The Balaban J connectivity index is 2.08. The van der Waals surface area contributed by atoms with Gasteiger partial charge in [0.1, 0.15) is 5.69 Å². The number of rotatable bonds is 7. The summed E-state index contributed by atoms with van der Waals surface area (Å²) in [5.41, 5.74) is 0.0487. The molecule has 2 N–H and O–H groups in total. The smallest absolute Gasteiger partial charge is 0.335 e.